The number of piperazine rings is 1. The number of rotatable bonds is 4. The Morgan fingerprint density at radius 2 is 2.11 bits per heavy atom. The molecule has 1 aromatic rings. The van der Waals surface area contributed by atoms with Crippen molar-refractivity contribution >= 4 is 0 Å². The highest BCUT2D eigenvalue weighted by Crippen LogP contribution is 2.29. The van der Waals surface area contributed by atoms with Crippen LogP contribution in [0, 0.1) is 0 Å². The van der Waals surface area contributed by atoms with Gasteiger partial charge in [0, 0.05) is 32.7 Å². The molecular formula is C14H22N2O2. The van der Waals surface area contributed by atoms with E-state index in [4.69, 9.17) is 4.74 Å². The number of phenols is 1. The standard InChI is InChI=1S/C14H22N2O2/c1-11(10-16-7-5-15-6-8-16)12-3-4-13(17)14(9-12)18-2/h3-4,9,11,15,17H,5-8,10H2,1-2H3. The molecule has 0 bridgehead atoms. The molecule has 1 aliphatic heterocycles. The van der Waals surface area contributed by atoms with Crippen LogP contribution >= 0.6 is 0 Å². The van der Waals surface area contributed by atoms with E-state index in [0.717, 1.165) is 32.7 Å². The van der Waals surface area contributed by atoms with Gasteiger partial charge in [0.15, 0.2) is 11.5 Å². The molecule has 0 aromatic heterocycles. The third-order valence-electron chi connectivity index (χ3n) is 3.51. The third-order valence-corrected chi connectivity index (χ3v) is 3.51. The molecule has 4 heteroatoms. The van der Waals surface area contributed by atoms with Crippen LogP contribution in [-0.2, 0) is 0 Å². The summed E-state index contributed by atoms with van der Waals surface area (Å²) in [5.41, 5.74) is 1.21. The van der Waals surface area contributed by atoms with E-state index < -0.39 is 0 Å². The Hall–Kier alpha value is -1.26. The van der Waals surface area contributed by atoms with Crippen molar-refractivity contribution in [1.29, 1.82) is 0 Å². The van der Waals surface area contributed by atoms with Gasteiger partial charge in [0.25, 0.3) is 0 Å². The number of hydrogen-bond donors (Lipinski definition) is 2. The fourth-order valence-electron chi connectivity index (χ4n) is 2.39. The summed E-state index contributed by atoms with van der Waals surface area (Å²) in [6.45, 7) is 7.64. The number of hydrogen-bond acceptors (Lipinski definition) is 4. The van der Waals surface area contributed by atoms with Crippen molar-refractivity contribution in [3.63, 3.8) is 0 Å². The van der Waals surface area contributed by atoms with Gasteiger partial charge >= 0.3 is 0 Å². The van der Waals surface area contributed by atoms with Crippen LogP contribution in [0.2, 0.25) is 0 Å². The molecule has 0 aliphatic carbocycles. The molecule has 1 fully saturated rings. The number of methoxy groups -OCH3 is 1. The summed E-state index contributed by atoms with van der Waals surface area (Å²) in [6.07, 6.45) is 0. The van der Waals surface area contributed by atoms with Crippen molar-refractivity contribution in [3.8, 4) is 11.5 Å². The quantitative estimate of drug-likeness (QED) is 0.848. The predicted octanol–water partition coefficient (Wildman–Crippen LogP) is 1.41. The Labute approximate surface area is 109 Å². The first-order chi connectivity index (χ1) is 8.70. The van der Waals surface area contributed by atoms with Crippen molar-refractivity contribution < 1.29 is 9.84 Å². The smallest absolute Gasteiger partial charge is 0.160 e. The van der Waals surface area contributed by atoms with E-state index >= 15 is 0 Å². The maximum atomic E-state index is 9.59. The van der Waals surface area contributed by atoms with E-state index in [0.29, 0.717) is 11.7 Å². The zero-order valence-corrected chi connectivity index (χ0v) is 11.1. The minimum atomic E-state index is 0.204. The summed E-state index contributed by atoms with van der Waals surface area (Å²) < 4.78 is 5.15. The van der Waals surface area contributed by atoms with Gasteiger partial charge in [0.05, 0.1) is 7.11 Å². The lowest BCUT2D eigenvalue weighted by molar-refractivity contribution is 0.230. The van der Waals surface area contributed by atoms with Crippen molar-refractivity contribution in [2.24, 2.45) is 0 Å². The fourth-order valence-corrected chi connectivity index (χ4v) is 2.39. The molecule has 2 N–H and O–H groups in total. The van der Waals surface area contributed by atoms with Gasteiger partial charge in [-0.15, -0.1) is 0 Å². The van der Waals surface area contributed by atoms with Crippen molar-refractivity contribution in [2.75, 3.05) is 39.8 Å². The molecule has 100 valence electrons. The van der Waals surface area contributed by atoms with Gasteiger partial charge in [-0.1, -0.05) is 13.0 Å². The van der Waals surface area contributed by atoms with Gasteiger partial charge < -0.3 is 20.1 Å². The number of nitrogens with one attached hydrogen (secondary N) is 1. The van der Waals surface area contributed by atoms with Crippen LogP contribution in [0.15, 0.2) is 18.2 Å². The molecule has 0 saturated carbocycles. The first kappa shape index (κ1) is 13.2. The minimum absolute atomic E-state index is 0.204. The Balaban J connectivity index is 2.01. The first-order valence-corrected chi connectivity index (χ1v) is 6.50. The molecule has 1 saturated heterocycles. The van der Waals surface area contributed by atoms with Crippen molar-refractivity contribution in [1.82, 2.24) is 10.2 Å². The Bertz CT molecular complexity index is 389. The largest absolute Gasteiger partial charge is 0.504 e. The fraction of sp³-hybridized carbons (Fsp3) is 0.571. The SMILES string of the molecule is COc1cc(C(C)CN2CCNCC2)ccc1O. The number of phenolic OH excluding ortho intramolecular Hbond substituents is 1. The lowest BCUT2D eigenvalue weighted by Crippen LogP contribution is -2.44. The molecule has 2 rings (SSSR count). The highest BCUT2D eigenvalue weighted by Gasteiger charge is 2.15. The predicted molar refractivity (Wildman–Crippen MR) is 72.4 cm³/mol. The second-order valence-electron chi connectivity index (χ2n) is 4.88. The highest BCUT2D eigenvalue weighted by molar-refractivity contribution is 5.42. The van der Waals surface area contributed by atoms with Gasteiger partial charge in [-0.25, -0.2) is 0 Å². The second-order valence-corrected chi connectivity index (χ2v) is 4.88. The van der Waals surface area contributed by atoms with Crippen LogP contribution in [0.25, 0.3) is 0 Å². The van der Waals surface area contributed by atoms with Crippen LogP contribution in [-0.4, -0.2) is 49.8 Å². The topological polar surface area (TPSA) is 44.7 Å². The Morgan fingerprint density at radius 3 is 2.78 bits per heavy atom. The number of ether oxygens (including phenoxy) is 1. The van der Waals surface area contributed by atoms with E-state index in [1.165, 1.54) is 5.56 Å². The van der Waals surface area contributed by atoms with Crippen LogP contribution in [0.5, 0.6) is 11.5 Å². The summed E-state index contributed by atoms with van der Waals surface area (Å²) in [5.74, 6) is 1.20. The molecule has 18 heavy (non-hydrogen) atoms. The summed E-state index contributed by atoms with van der Waals surface area (Å²) >= 11 is 0. The molecule has 1 unspecified atom stereocenters. The lowest BCUT2D eigenvalue weighted by Gasteiger charge is -2.29. The van der Waals surface area contributed by atoms with E-state index in [9.17, 15) is 5.11 Å². The van der Waals surface area contributed by atoms with Gasteiger partial charge in [0.1, 0.15) is 0 Å². The summed E-state index contributed by atoms with van der Waals surface area (Å²) in [6, 6.07) is 5.62. The average molecular weight is 250 g/mol. The van der Waals surface area contributed by atoms with Crippen LogP contribution in [0.1, 0.15) is 18.4 Å². The van der Waals surface area contributed by atoms with Crippen LogP contribution in [0.4, 0.5) is 0 Å². The number of aromatic hydroxyl groups is 1. The van der Waals surface area contributed by atoms with Gasteiger partial charge in [-0.2, -0.15) is 0 Å². The van der Waals surface area contributed by atoms with Gasteiger partial charge in [-0.05, 0) is 23.6 Å². The molecule has 4 nitrogen and oxygen atoms in total. The zero-order valence-electron chi connectivity index (χ0n) is 11.1. The molecule has 1 atom stereocenters. The Kier molecular flexibility index (Phi) is 4.44. The maximum absolute atomic E-state index is 9.59. The molecular weight excluding hydrogens is 228 g/mol. The Morgan fingerprint density at radius 1 is 1.39 bits per heavy atom. The number of nitrogens with zero attached hydrogens (tertiary/aromatic N) is 1. The highest BCUT2D eigenvalue weighted by atomic mass is 16.5. The minimum Gasteiger partial charge on any atom is -0.504 e. The molecule has 1 aromatic carbocycles. The van der Waals surface area contributed by atoms with Crippen LogP contribution < -0.4 is 10.1 Å². The van der Waals surface area contributed by atoms with Gasteiger partial charge in [-0.3, -0.25) is 0 Å². The average Bonchev–Trinajstić information content (AvgIpc) is 2.40. The molecule has 1 aliphatic rings. The monoisotopic (exact) mass is 250 g/mol. The van der Waals surface area contributed by atoms with Crippen molar-refractivity contribution in [3.05, 3.63) is 23.8 Å². The third kappa shape index (κ3) is 3.15. The molecule has 0 spiro atoms. The normalized spacial score (nSPS) is 18.6. The van der Waals surface area contributed by atoms with E-state index in [1.807, 2.05) is 12.1 Å². The first-order valence-electron chi connectivity index (χ1n) is 6.50. The van der Waals surface area contributed by atoms with Crippen LogP contribution in [0.3, 0.4) is 0 Å². The molecule has 1 heterocycles. The van der Waals surface area contributed by atoms with Gasteiger partial charge in [0.2, 0.25) is 0 Å². The summed E-state index contributed by atoms with van der Waals surface area (Å²) in [5, 5.41) is 13.0. The maximum Gasteiger partial charge on any atom is 0.160 e. The van der Waals surface area contributed by atoms with E-state index in [1.54, 1.807) is 13.2 Å². The second kappa shape index (κ2) is 6.07. The zero-order chi connectivity index (χ0) is 13.0. The van der Waals surface area contributed by atoms with Crippen molar-refractivity contribution in [2.45, 2.75) is 12.8 Å². The molecule has 0 amide bonds. The van der Waals surface area contributed by atoms with E-state index in [2.05, 4.69) is 17.1 Å². The summed E-state index contributed by atoms with van der Waals surface area (Å²) in [4.78, 5) is 2.47. The van der Waals surface area contributed by atoms with E-state index in [-0.39, 0.29) is 5.75 Å². The lowest BCUT2D eigenvalue weighted by atomic mass is 10.00. The summed E-state index contributed by atoms with van der Waals surface area (Å²) in [7, 11) is 1.58. The molecule has 0 radical (unpaired) electrons. The number of benzene rings is 1.